The lowest BCUT2D eigenvalue weighted by Crippen LogP contribution is -2.01. The Hall–Kier alpha value is -2.18. The Labute approximate surface area is 109 Å². The Kier molecular flexibility index (Phi) is 3.37. The number of ether oxygens (including phenoxy) is 1. The molecule has 102 valence electrons. The van der Waals surface area contributed by atoms with E-state index < -0.39 is 11.6 Å². The second-order valence-corrected chi connectivity index (χ2v) is 4.08. The van der Waals surface area contributed by atoms with E-state index in [-0.39, 0.29) is 11.7 Å². The van der Waals surface area contributed by atoms with Crippen LogP contribution in [0.4, 0.5) is 14.6 Å². The molecule has 0 bridgehead atoms. The summed E-state index contributed by atoms with van der Waals surface area (Å²) in [6, 6.07) is 0.731. The lowest BCUT2D eigenvalue weighted by atomic mass is 10.3. The van der Waals surface area contributed by atoms with Gasteiger partial charge < -0.3 is 10.1 Å². The molecule has 5 nitrogen and oxygen atoms in total. The summed E-state index contributed by atoms with van der Waals surface area (Å²) in [4.78, 5) is 3.76. The van der Waals surface area contributed by atoms with Crippen molar-refractivity contribution >= 4 is 5.82 Å². The summed E-state index contributed by atoms with van der Waals surface area (Å²) in [5.74, 6) is -1.57. The zero-order chi connectivity index (χ0) is 14.2. The normalized spacial score (nSPS) is 10.6. The number of aryl methyl sites for hydroxylation is 2. The van der Waals surface area contributed by atoms with Crippen LogP contribution in [0.3, 0.4) is 0 Å². The maximum atomic E-state index is 13.6. The van der Waals surface area contributed by atoms with E-state index in [4.69, 9.17) is 4.74 Å². The molecule has 19 heavy (non-hydrogen) atoms. The van der Waals surface area contributed by atoms with Gasteiger partial charge in [-0.25, -0.2) is 8.78 Å². The zero-order valence-corrected chi connectivity index (χ0v) is 11.1. The Balaban J connectivity index is 2.43. The summed E-state index contributed by atoms with van der Waals surface area (Å²) < 4.78 is 34.0. The van der Waals surface area contributed by atoms with Gasteiger partial charge in [0.15, 0.2) is 23.2 Å². The highest BCUT2D eigenvalue weighted by Crippen LogP contribution is 2.30. The van der Waals surface area contributed by atoms with Gasteiger partial charge in [-0.2, -0.15) is 10.1 Å². The predicted octanol–water partition coefficient (Wildman–Crippen LogP) is 2.54. The van der Waals surface area contributed by atoms with E-state index in [9.17, 15) is 8.78 Å². The minimum atomic E-state index is -0.862. The molecule has 0 atom stereocenters. The van der Waals surface area contributed by atoms with E-state index in [1.807, 2.05) is 0 Å². The van der Waals surface area contributed by atoms with Crippen molar-refractivity contribution in [1.82, 2.24) is 14.8 Å². The van der Waals surface area contributed by atoms with E-state index in [2.05, 4.69) is 15.4 Å². The third kappa shape index (κ3) is 2.35. The molecule has 0 aliphatic carbocycles. The van der Waals surface area contributed by atoms with Gasteiger partial charge in [-0.15, -0.1) is 0 Å². The standard InChI is InChI=1S/C12H14F2N4O/c1-6-10(7(2)18(4)17-6)19-12-9(14)5-8(13)11(15-3)16-12/h5H,1-4H3,(H,15,16). The molecule has 0 unspecified atom stereocenters. The van der Waals surface area contributed by atoms with Crippen LogP contribution in [0.5, 0.6) is 11.6 Å². The monoisotopic (exact) mass is 268 g/mol. The number of aromatic nitrogens is 3. The summed E-state index contributed by atoms with van der Waals surface area (Å²) in [6.07, 6.45) is 0. The fourth-order valence-electron chi connectivity index (χ4n) is 1.70. The molecule has 2 aromatic heterocycles. The first kappa shape index (κ1) is 13.3. The van der Waals surface area contributed by atoms with Crippen molar-refractivity contribution in [1.29, 1.82) is 0 Å². The summed E-state index contributed by atoms with van der Waals surface area (Å²) in [5, 5.41) is 6.68. The number of rotatable bonds is 3. The molecule has 2 rings (SSSR count). The average Bonchev–Trinajstić information content (AvgIpc) is 2.59. The minimum Gasteiger partial charge on any atom is -0.432 e. The SMILES string of the molecule is CNc1nc(Oc2c(C)nn(C)c2C)c(F)cc1F. The number of hydrogen-bond donors (Lipinski definition) is 1. The van der Waals surface area contributed by atoms with E-state index >= 15 is 0 Å². The van der Waals surface area contributed by atoms with Crippen LogP contribution in [-0.4, -0.2) is 21.8 Å². The highest BCUT2D eigenvalue weighted by atomic mass is 19.1. The first-order valence-corrected chi connectivity index (χ1v) is 5.66. The number of anilines is 1. The first-order chi connectivity index (χ1) is 8.93. The highest BCUT2D eigenvalue weighted by molar-refractivity contribution is 5.41. The van der Waals surface area contributed by atoms with Crippen LogP contribution < -0.4 is 10.1 Å². The summed E-state index contributed by atoms with van der Waals surface area (Å²) >= 11 is 0. The molecule has 0 aliphatic heterocycles. The van der Waals surface area contributed by atoms with Crippen molar-refractivity contribution in [3.63, 3.8) is 0 Å². The number of nitrogens with one attached hydrogen (secondary N) is 1. The van der Waals surface area contributed by atoms with Crippen LogP contribution in [-0.2, 0) is 7.05 Å². The second kappa shape index (κ2) is 4.83. The molecular formula is C12H14F2N4O. The summed E-state index contributed by atoms with van der Waals surface area (Å²) in [6.45, 7) is 3.53. The van der Waals surface area contributed by atoms with E-state index in [1.165, 1.54) is 7.05 Å². The van der Waals surface area contributed by atoms with Crippen LogP contribution in [0.1, 0.15) is 11.4 Å². The Bertz CT molecular complexity index is 625. The topological polar surface area (TPSA) is 52.0 Å². The molecule has 0 aliphatic rings. The van der Waals surface area contributed by atoms with Gasteiger partial charge in [0.1, 0.15) is 5.69 Å². The van der Waals surface area contributed by atoms with Gasteiger partial charge in [-0.05, 0) is 13.8 Å². The number of pyridine rings is 1. The number of hydrogen-bond acceptors (Lipinski definition) is 4. The van der Waals surface area contributed by atoms with Crippen LogP contribution in [0, 0.1) is 25.5 Å². The molecule has 0 saturated carbocycles. The second-order valence-electron chi connectivity index (χ2n) is 4.08. The highest BCUT2D eigenvalue weighted by Gasteiger charge is 2.17. The van der Waals surface area contributed by atoms with Crippen LogP contribution in [0.15, 0.2) is 6.07 Å². The fraction of sp³-hybridized carbons (Fsp3) is 0.333. The van der Waals surface area contributed by atoms with Gasteiger partial charge >= 0.3 is 0 Å². The lowest BCUT2D eigenvalue weighted by Gasteiger charge is -2.08. The molecule has 7 heteroatoms. The Morgan fingerprint density at radius 2 is 1.95 bits per heavy atom. The molecular weight excluding hydrogens is 254 g/mol. The molecule has 0 fully saturated rings. The van der Waals surface area contributed by atoms with Crippen LogP contribution in [0.2, 0.25) is 0 Å². The lowest BCUT2D eigenvalue weighted by molar-refractivity contribution is 0.413. The predicted molar refractivity (Wildman–Crippen MR) is 66.5 cm³/mol. The molecule has 0 spiro atoms. The van der Waals surface area contributed by atoms with Crippen LogP contribution >= 0.6 is 0 Å². The van der Waals surface area contributed by atoms with Gasteiger partial charge in [0.25, 0.3) is 5.88 Å². The van der Waals surface area contributed by atoms with Crippen molar-refractivity contribution in [3.05, 3.63) is 29.1 Å². The molecule has 2 heterocycles. The van der Waals surface area contributed by atoms with Gasteiger partial charge in [-0.3, -0.25) is 4.68 Å². The number of nitrogens with zero attached hydrogens (tertiary/aromatic N) is 3. The first-order valence-electron chi connectivity index (χ1n) is 5.66. The Morgan fingerprint density at radius 1 is 1.26 bits per heavy atom. The zero-order valence-electron chi connectivity index (χ0n) is 11.1. The maximum Gasteiger partial charge on any atom is 0.258 e. The average molecular weight is 268 g/mol. The smallest absolute Gasteiger partial charge is 0.258 e. The minimum absolute atomic E-state index is 0.0735. The van der Waals surface area contributed by atoms with E-state index in [0.29, 0.717) is 11.4 Å². The fourth-order valence-corrected chi connectivity index (χ4v) is 1.70. The van der Waals surface area contributed by atoms with Gasteiger partial charge in [0.2, 0.25) is 0 Å². The van der Waals surface area contributed by atoms with Crippen molar-refractivity contribution in [2.24, 2.45) is 7.05 Å². The third-order valence-corrected chi connectivity index (χ3v) is 2.78. The maximum absolute atomic E-state index is 13.6. The summed E-state index contributed by atoms with van der Waals surface area (Å²) in [7, 11) is 3.25. The Morgan fingerprint density at radius 3 is 2.47 bits per heavy atom. The van der Waals surface area contributed by atoms with Crippen molar-refractivity contribution in [3.8, 4) is 11.6 Å². The van der Waals surface area contributed by atoms with Crippen LogP contribution in [0.25, 0.3) is 0 Å². The van der Waals surface area contributed by atoms with E-state index in [1.54, 1.807) is 25.6 Å². The van der Waals surface area contributed by atoms with E-state index in [0.717, 1.165) is 11.8 Å². The number of halogens is 2. The molecule has 0 radical (unpaired) electrons. The molecule has 0 saturated heterocycles. The molecule has 2 aromatic rings. The quantitative estimate of drug-likeness (QED) is 0.929. The van der Waals surface area contributed by atoms with Crippen molar-refractivity contribution < 1.29 is 13.5 Å². The summed E-state index contributed by atoms with van der Waals surface area (Å²) in [5.41, 5.74) is 1.34. The van der Waals surface area contributed by atoms with Gasteiger partial charge in [0, 0.05) is 20.2 Å². The van der Waals surface area contributed by atoms with Crippen molar-refractivity contribution in [2.45, 2.75) is 13.8 Å². The largest absolute Gasteiger partial charge is 0.432 e. The molecule has 1 N–H and O–H groups in total. The van der Waals surface area contributed by atoms with Gasteiger partial charge in [0.05, 0.1) is 5.69 Å². The molecule has 0 aromatic carbocycles. The molecule has 0 amide bonds. The van der Waals surface area contributed by atoms with Crippen molar-refractivity contribution in [2.75, 3.05) is 12.4 Å². The van der Waals surface area contributed by atoms with Gasteiger partial charge in [-0.1, -0.05) is 0 Å². The third-order valence-electron chi connectivity index (χ3n) is 2.78.